The fraction of sp³-hybridized carbons (Fsp3) is 0.250. The van der Waals surface area contributed by atoms with Crippen LogP contribution in [-0.2, 0) is 21.2 Å². The van der Waals surface area contributed by atoms with E-state index >= 15 is 0 Å². The number of hydrogen-bond acceptors (Lipinski definition) is 7. The average Bonchev–Trinajstić information content (AvgIpc) is 3.28. The summed E-state index contributed by atoms with van der Waals surface area (Å²) in [7, 11) is -4.01. The van der Waals surface area contributed by atoms with Crippen molar-refractivity contribution in [1.82, 2.24) is 5.16 Å². The Kier molecular flexibility index (Phi) is 8.05. The van der Waals surface area contributed by atoms with Gasteiger partial charge in [-0.05, 0) is 55.8 Å². The quantitative estimate of drug-likeness (QED) is 0.465. The molecule has 1 aromatic carbocycles. The summed E-state index contributed by atoms with van der Waals surface area (Å²) in [4.78, 5) is 21.4. The summed E-state index contributed by atoms with van der Waals surface area (Å²) in [6, 6.07) is 5.31. The Bertz CT molecular complexity index is 1240. The molecule has 4 N–H and O–H groups in total. The molecule has 0 aliphatic rings. The molecule has 0 fully saturated rings. The maximum Gasteiger partial charge on any atom is 0.307 e. The number of carboxylic acid groups (broad SMARTS) is 1. The number of aromatic nitrogens is 1. The number of nitrogens with one attached hydrogen (secondary N) is 1. The van der Waals surface area contributed by atoms with E-state index in [9.17, 15) is 18.0 Å². The van der Waals surface area contributed by atoms with E-state index in [1.807, 2.05) is 32.9 Å². The van der Waals surface area contributed by atoms with Crippen LogP contribution < -0.4 is 10.5 Å². The third-order valence-electron chi connectivity index (χ3n) is 4.33. The average molecular weight is 500 g/mol. The monoisotopic (exact) mass is 499 g/mol. The molecule has 0 radical (unpaired) electrons. The topological polar surface area (TPSA) is 153 Å². The van der Waals surface area contributed by atoms with Crippen molar-refractivity contribution in [2.24, 2.45) is 5.73 Å². The first-order chi connectivity index (χ1) is 14.8. The lowest BCUT2D eigenvalue weighted by atomic mass is 9.97. The first-order valence-electron chi connectivity index (χ1n) is 9.14. The molecule has 2 aromatic heterocycles. The number of hydrogen-bond donors (Lipinski definition) is 3. The van der Waals surface area contributed by atoms with Gasteiger partial charge in [-0.1, -0.05) is 34.5 Å². The number of amides is 1. The number of carbonyl (C=O) groups is 2. The molecule has 172 valence electrons. The zero-order chi connectivity index (χ0) is 24.2. The predicted molar refractivity (Wildman–Crippen MR) is 122 cm³/mol. The number of carbonyl (C=O) groups excluding carboxylic acids is 1. The smallest absolute Gasteiger partial charge is 0.307 e. The number of benzene rings is 1. The van der Waals surface area contributed by atoms with Crippen molar-refractivity contribution >= 4 is 50.7 Å². The minimum Gasteiger partial charge on any atom is -0.481 e. The van der Waals surface area contributed by atoms with Gasteiger partial charge in [-0.25, -0.2) is 13.1 Å². The molecule has 0 saturated heterocycles. The Balaban J connectivity index is 0.000000244. The summed E-state index contributed by atoms with van der Waals surface area (Å²) in [5, 5.41) is 13.7. The van der Waals surface area contributed by atoms with Crippen molar-refractivity contribution in [1.29, 1.82) is 0 Å². The maximum atomic E-state index is 12.1. The Labute approximate surface area is 194 Å². The van der Waals surface area contributed by atoms with Crippen LogP contribution in [0.1, 0.15) is 37.6 Å². The minimum atomic E-state index is -4.01. The van der Waals surface area contributed by atoms with Crippen LogP contribution in [0, 0.1) is 27.7 Å². The van der Waals surface area contributed by atoms with Crippen LogP contribution >= 0.6 is 22.9 Å². The molecule has 2 heterocycles. The zero-order valence-corrected chi connectivity index (χ0v) is 20.1. The number of aryl methyl sites for hydroxylation is 4. The van der Waals surface area contributed by atoms with Gasteiger partial charge < -0.3 is 15.4 Å². The highest BCUT2D eigenvalue weighted by molar-refractivity contribution is 7.93. The molecule has 0 aliphatic carbocycles. The summed E-state index contributed by atoms with van der Waals surface area (Å²) in [6.45, 7) is 7.49. The molecule has 0 atom stereocenters. The second-order valence-corrected chi connectivity index (χ2v) is 9.89. The number of aliphatic carboxylic acids is 1. The molecule has 0 aliphatic heterocycles. The number of sulfonamides is 1. The Morgan fingerprint density at radius 1 is 1.22 bits per heavy atom. The van der Waals surface area contributed by atoms with Crippen molar-refractivity contribution in [3.63, 3.8) is 0 Å². The van der Waals surface area contributed by atoms with Gasteiger partial charge in [-0.3, -0.25) is 9.59 Å². The van der Waals surface area contributed by atoms with Crippen molar-refractivity contribution in [3.8, 4) is 0 Å². The van der Waals surface area contributed by atoms with E-state index in [0.29, 0.717) is 5.69 Å². The van der Waals surface area contributed by atoms with Gasteiger partial charge in [0.15, 0.2) is 0 Å². The van der Waals surface area contributed by atoms with E-state index < -0.39 is 21.9 Å². The number of anilines is 1. The van der Waals surface area contributed by atoms with Crippen LogP contribution in [0.2, 0.25) is 5.02 Å². The normalized spacial score (nSPS) is 10.9. The van der Waals surface area contributed by atoms with E-state index in [1.165, 1.54) is 17.0 Å². The number of nitrogens with zero attached hydrogens (tertiary/aromatic N) is 1. The number of halogens is 1. The summed E-state index contributed by atoms with van der Waals surface area (Å²) >= 11 is 6.74. The van der Waals surface area contributed by atoms with Crippen LogP contribution in [-0.4, -0.2) is 30.6 Å². The van der Waals surface area contributed by atoms with Crippen LogP contribution in [0.5, 0.6) is 0 Å². The van der Waals surface area contributed by atoms with E-state index in [1.54, 1.807) is 6.92 Å². The lowest BCUT2D eigenvalue weighted by Gasteiger charge is -2.08. The van der Waals surface area contributed by atoms with Crippen LogP contribution in [0.25, 0.3) is 0 Å². The Hall–Kier alpha value is -2.89. The highest BCUT2D eigenvalue weighted by Crippen LogP contribution is 2.29. The van der Waals surface area contributed by atoms with Crippen LogP contribution in [0.3, 0.4) is 0 Å². The van der Waals surface area contributed by atoms with Gasteiger partial charge in [0.1, 0.15) is 20.5 Å². The van der Waals surface area contributed by atoms with E-state index in [2.05, 4.69) is 9.88 Å². The molecular weight excluding hydrogens is 478 g/mol. The summed E-state index contributed by atoms with van der Waals surface area (Å²) in [5.41, 5.74) is 9.71. The van der Waals surface area contributed by atoms with Crippen molar-refractivity contribution in [2.45, 2.75) is 39.0 Å². The second-order valence-electron chi connectivity index (χ2n) is 6.94. The highest BCUT2D eigenvalue weighted by Gasteiger charge is 2.25. The SMILES string of the molecule is Cc1cc(C)c(CC(=O)O)c(C)c1.Cc1noc(NS(=O)(=O)c2ccsc2C(N)=O)c1Cl. The van der Waals surface area contributed by atoms with Crippen LogP contribution in [0.4, 0.5) is 5.88 Å². The molecule has 12 heteroatoms. The fourth-order valence-corrected chi connectivity index (χ4v) is 5.39. The number of carboxylic acids is 1. The van der Waals surface area contributed by atoms with E-state index in [0.717, 1.165) is 28.0 Å². The second kappa shape index (κ2) is 10.2. The molecule has 9 nitrogen and oxygen atoms in total. The molecule has 1 amide bonds. The minimum absolute atomic E-state index is 0.0550. The zero-order valence-electron chi connectivity index (χ0n) is 17.7. The maximum absolute atomic E-state index is 12.1. The summed E-state index contributed by atoms with van der Waals surface area (Å²) in [5.74, 6) is -1.80. The standard InChI is InChI=1S/C11H14O2.C9H8ClN3O4S2/c1-7-4-8(2)10(6-11(12)13)9(3)5-7;1-4-6(10)9(17-12-4)13-19(15,16)5-2-3-18-7(5)8(11)14/h4-5H,6H2,1-3H3,(H,12,13);2-3,13H,1H3,(H2,11,14). The molecule has 0 spiro atoms. The van der Waals surface area contributed by atoms with Gasteiger partial charge in [0.25, 0.3) is 21.8 Å². The van der Waals surface area contributed by atoms with Crippen molar-refractivity contribution in [3.05, 3.63) is 61.4 Å². The Morgan fingerprint density at radius 3 is 2.28 bits per heavy atom. The number of primary amides is 1. The number of nitrogens with two attached hydrogens (primary N) is 1. The largest absolute Gasteiger partial charge is 0.481 e. The molecule has 0 saturated carbocycles. The van der Waals surface area contributed by atoms with E-state index in [-0.39, 0.29) is 27.1 Å². The van der Waals surface area contributed by atoms with Gasteiger partial charge in [0, 0.05) is 0 Å². The predicted octanol–water partition coefficient (Wildman–Crippen LogP) is 3.84. The third kappa shape index (κ3) is 6.09. The van der Waals surface area contributed by atoms with E-state index in [4.69, 9.17) is 27.0 Å². The number of thiophene rings is 1. The molecule has 3 rings (SSSR count). The first-order valence-corrected chi connectivity index (χ1v) is 11.9. The summed E-state index contributed by atoms with van der Waals surface area (Å²) in [6.07, 6.45) is 0.123. The van der Waals surface area contributed by atoms with Gasteiger partial charge >= 0.3 is 5.97 Å². The lowest BCUT2D eigenvalue weighted by Crippen LogP contribution is -2.18. The lowest BCUT2D eigenvalue weighted by molar-refractivity contribution is -0.136. The van der Waals surface area contributed by atoms with Crippen molar-refractivity contribution < 1.29 is 27.6 Å². The van der Waals surface area contributed by atoms with Crippen LogP contribution in [0.15, 0.2) is 33.0 Å². The molecular formula is C20H22ClN3O6S2. The van der Waals surface area contributed by atoms with Gasteiger partial charge in [0.05, 0.1) is 6.42 Å². The van der Waals surface area contributed by atoms with Crippen molar-refractivity contribution in [2.75, 3.05) is 4.72 Å². The Morgan fingerprint density at radius 2 is 1.81 bits per heavy atom. The highest BCUT2D eigenvalue weighted by atomic mass is 35.5. The molecule has 0 bridgehead atoms. The molecule has 3 aromatic rings. The van der Waals surface area contributed by atoms with Gasteiger partial charge in [0.2, 0.25) is 0 Å². The third-order valence-corrected chi connectivity index (χ3v) is 7.21. The molecule has 0 unspecified atom stereocenters. The van der Waals surface area contributed by atoms with Gasteiger partial charge in [-0.15, -0.1) is 11.3 Å². The van der Waals surface area contributed by atoms with Gasteiger partial charge in [-0.2, -0.15) is 0 Å². The number of rotatable bonds is 6. The fourth-order valence-electron chi connectivity index (χ4n) is 2.93. The molecule has 32 heavy (non-hydrogen) atoms. The summed E-state index contributed by atoms with van der Waals surface area (Å²) < 4.78 is 31.0. The first kappa shape index (κ1) is 25.4.